The van der Waals surface area contributed by atoms with Gasteiger partial charge in [-0.15, -0.1) is 0 Å². The molecule has 1 amide bonds. The fraction of sp³-hybridized carbons (Fsp3) is 0.650. The second-order valence-corrected chi connectivity index (χ2v) is 9.87. The van der Waals surface area contributed by atoms with Crippen LogP contribution in [0.25, 0.3) is 0 Å². The van der Waals surface area contributed by atoms with Crippen LogP contribution >= 0.6 is 0 Å². The molecule has 1 aliphatic rings. The van der Waals surface area contributed by atoms with Crippen molar-refractivity contribution in [1.82, 2.24) is 9.80 Å². The first kappa shape index (κ1) is 20.9. The number of benzene rings is 1. The van der Waals surface area contributed by atoms with Gasteiger partial charge in [-0.05, 0) is 63.3 Å². The minimum atomic E-state index is -3.19. The zero-order valence-corrected chi connectivity index (χ0v) is 17.4. The SMILES string of the molecule is CC1CCC(N(C)C(=O)CN(C)C(C)c2ccc(S(C)(=O)=O)cc2)CC1. The average Bonchev–Trinajstić information content (AvgIpc) is 2.60. The molecule has 1 atom stereocenters. The Balaban J connectivity index is 1.95. The van der Waals surface area contributed by atoms with Gasteiger partial charge in [-0.1, -0.05) is 19.1 Å². The van der Waals surface area contributed by atoms with Gasteiger partial charge in [-0.2, -0.15) is 0 Å². The van der Waals surface area contributed by atoms with E-state index in [9.17, 15) is 13.2 Å². The Morgan fingerprint density at radius 2 is 1.65 bits per heavy atom. The van der Waals surface area contributed by atoms with Gasteiger partial charge in [0.15, 0.2) is 9.84 Å². The van der Waals surface area contributed by atoms with Gasteiger partial charge < -0.3 is 4.90 Å². The molecule has 0 heterocycles. The summed E-state index contributed by atoms with van der Waals surface area (Å²) < 4.78 is 23.2. The molecule has 146 valence electrons. The van der Waals surface area contributed by atoms with Gasteiger partial charge in [-0.25, -0.2) is 8.42 Å². The smallest absolute Gasteiger partial charge is 0.236 e. The highest BCUT2D eigenvalue weighted by Crippen LogP contribution is 2.27. The van der Waals surface area contributed by atoms with E-state index in [0.717, 1.165) is 24.3 Å². The molecule has 2 rings (SSSR count). The Hall–Kier alpha value is -1.40. The number of rotatable bonds is 6. The highest BCUT2D eigenvalue weighted by Gasteiger charge is 2.26. The summed E-state index contributed by atoms with van der Waals surface area (Å²) in [6, 6.07) is 7.31. The summed E-state index contributed by atoms with van der Waals surface area (Å²) in [5.74, 6) is 0.916. The summed E-state index contributed by atoms with van der Waals surface area (Å²) >= 11 is 0. The molecule has 0 bridgehead atoms. The predicted octanol–water partition coefficient (Wildman–Crippen LogP) is 3.12. The largest absolute Gasteiger partial charge is 0.342 e. The Morgan fingerprint density at radius 1 is 1.12 bits per heavy atom. The third kappa shape index (κ3) is 5.30. The Morgan fingerprint density at radius 3 is 2.15 bits per heavy atom. The van der Waals surface area contributed by atoms with Gasteiger partial charge in [-0.3, -0.25) is 9.69 Å². The van der Waals surface area contributed by atoms with Gasteiger partial charge in [0.25, 0.3) is 0 Å². The van der Waals surface area contributed by atoms with Gasteiger partial charge in [0, 0.05) is 25.4 Å². The molecule has 0 aromatic heterocycles. The quantitative estimate of drug-likeness (QED) is 0.761. The highest BCUT2D eigenvalue weighted by atomic mass is 32.2. The molecule has 1 saturated carbocycles. The van der Waals surface area contributed by atoms with Crippen LogP contribution in [-0.2, 0) is 14.6 Å². The lowest BCUT2D eigenvalue weighted by atomic mass is 9.87. The van der Waals surface area contributed by atoms with E-state index in [1.807, 2.05) is 43.0 Å². The van der Waals surface area contributed by atoms with Crippen LogP contribution in [0.15, 0.2) is 29.2 Å². The zero-order chi connectivity index (χ0) is 19.5. The van der Waals surface area contributed by atoms with Crippen molar-refractivity contribution in [1.29, 1.82) is 0 Å². The molecule has 0 radical (unpaired) electrons. The van der Waals surface area contributed by atoms with E-state index in [-0.39, 0.29) is 11.9 Å². The molecular formula is C20H32N2O3S. The summed E-state index contributed by atoms with van der Waals surface area (Å²) in [5, 5.41) is 0. The van der Waals surface area contributed by atoms with Crippen LogP contribution in [0, 0.1) is 5.92 Å². The van der Waals surface area contributed by atoms with E-state index in [0.29, 0.717) is 17.5 Å². The highest BCUT2D eigenvalue weighted by molar-refractivity contribution is 7.90. The standard InChI is InChI=1S/C20H32N2O3S/c1-15-6-10-18(11-7-15)22(4)20(23)14-21(3)16(2)17-8-12-19(13-9-17)26(5,24)25/h8-9,12-13,15-16,18H,6-7,10-11,14H2,1-5H3. The summed E-state index contributed by atoms with van der Waals surface area (Å²) in [5.41, 5.74) is 1.00. The number of hydrogen-bond acceptors (Lipinski definition) is 4. The lowest BCUT2D eigenvalue weighted by Gasteiger charge is -2.35. The van der Waals surface area contributed by atoms with Crippen LogP contribution in [0.5, 0.6) is 0 Å². The Labute approximate surface area is 158 Å². The molecule has 1 aliphatic carbocycles. The fourth-order valence-electron chi connectivity index (χ4n) is 3.54. The van der Waals surface area contributed by atoms with Crippen molar-refractivity contribution in [3.05, 3.63) is 29.8 Å². The molecule has 6 heteroatoms. The Bertz CT molecular complexity index is 707. The zero-order valence-electron chi connectivity index (χ0n) is 16.6. The monoisotopic (exact) mass is 380 g/mol. The first-order chi connectivity index (χ1) is 12.1. The van der Waals surface area contributed by atoms with Crippen LogP contribution in [0.2, 0.25) is 0 Å². The number of carbonyl (C=O) groups is 1. The minimum Gasteiger partial charge on any atom is -0.342 e. The van der Waals surface area contributed by atoms with Crippen LogP contribution < -0.4 is 0 Å². The van der Waals surface area contributed by atoms with Crippen LogP contribution in [0.4, 0.5) is 0 Å². The minimum absolute atomic E-state index is 0.0346. The molecule has 26 heavy (non-hydrogen) atoms. The van der Waals surface area contributed by atoms with Crippen molar-refractivity contribution >= 4 is 15.7 Å². The predicted molar refractivity (Wildman–Crippen MR) is 105 cm³/mol. The number of nitrogens with zero attached hydrogens (tertiary/aromatic N) is 2. The molecular weight excluding hydrogens is 348 g/mol. The first-order valence-corrected chi connectivity index (χ1v) is 11.2. The van der Waals surface area contributed by atoms with Gasteiger partial charge in [0.2, 0.25) is 5.91 Å². The fourth-order valence-corrected chi connectivity index (χ4v) is 4.17. The maximum atomic E-state index is 12.7. The molecule has 0 aliphatic heterocycles. The van der Waals surface area contributed by atoms with Crippen molar-refractivity contribution in [3.8, 4) is 0 Å². The topological polar surface area (TPSA) is 57.7 Å². The average molecular weight is 381 g/mol. The van der Waals surface area contributed by atoms with Gasteiger partial charge in [0.05, 0.1) is 11.4 Å². The maximum absolute atomic E-state index is 12.7. The Kier molecular flexibility index (Phi) is 6.86. The maximum Gasteiger partial charge on any atom is 0.236 e. The summed E-state index contributed by atoms with van der Waals surface area (Å²) in [4.78, 5) is 16.9. The molecule has 1 aromatic carbocycles. The van der Waals surface area contributed by atoms with Crippen molar-refractivity contribution in [2.24, 2.45) is 5.92 Å². The first-order valence-electron chi connectivity index (χ1n) is 9.35. The van der Waals surface area contributed by atoms with E-state index in [1.54, 1.807) is 12.1 Å². The van der Waals surface area contributed by atoms with E-state index in [2.05, 4.69) is 6.92 Å². The second kappa shape index (κ2) is 8.53. The third-order valence-corrected chi connectivity index (χ3v) is 6.89. The van der Waals surface area contributed by atoms with Crippen LogP contribution in [-0.4, -0.2) is 57.1 Å². The lowest BCUT2D eigenvalue weighted by molar-refractivity contribution is -0.134. The number of likely N-dealkylation sites (N-methyl/N-ethyl adjacent to an activating group) is 2. The lowest BCUT2D eigenvalue weighted by Crippen LogP contribution is -2.44. The molecule has 0 N–H and O–H groups in total. The summed E-state index contributed by atoms with van der Waals surface area (Å²) in [6.45, 7) is 4.67. The summed E-state index contributed by atoms with van der Waals surface area (Å²) in [6.07, 6.45) is 5.78. The molecule has 0 spiro atoms. The van der Waals surface area contributed by atoms with Crippen molar-refractivity contribution in [3.63, 3.8) is 0 Å². The number of sulfone groups is 1. The third-order valence-electron chi connectivity index (χ3n) is 5.76. The number of carbonyl (C=O) groups excluding carboxylic acids is 1. The van der Waals surface area contributed by atoms with Crippen molar-refractivity contribution < 1.29 is 13.2 Å². The van der Waals surface area contributed by atoms with Crippen molar-refractivity contribution in [2.75, 3.05) is 26.9 Å². The molecule has 5 nitrogen and oxygen atoms in total. The van der Waals surface area contributed by atoms with Crippen LogP contribution in [0.1, 0.15) is 51.1 Å². The number of amides is 1. The van der Waals surface area contributed by atoms with E-state index >= 15 is 0 Å². The van der Waals surface area contributed by atoms with Gasteiger partial charge >= 0.3 is 0 Å². The van der Waals surface area contributed by atoms with E-state index in [4.69, 9.17) is 0 Å². The van der Waals surface area contributed by atoms with Crippen molar-refractivity contribution in [2.45, 2.75) is 56.5 Å². The normalized spacial score (nSPS) is 22.2. The molecule has 0 saturated heterocycles. The van der Waals surface area contributed by atoms with E-state index < -0.39 is 9.84 Å². The molecule has 1 unspecified atom stereocenters. The van der Waals surface area contributed by atoms with Gasteiger partial charge in [0.1, 0.15) is 0 Å². The van der Waals surface area contributed by atoms with E-state index in [1.165, 1.54) is 19.1 Å². The molecule has 1 fully saturated rings. The number of hydrogen-bond donors (Lipinski definition) is 0. The summed E-state index contributed by atoms with van der Waals surface area (Å²) in [7, 11) is 0.667. The second-order valence-electron chi connectivity index (χ2n) is 7.85. The van der Waals surface area contributed by atoms with Crippen LogP contribution in [0.3, 0.4) is 0 Å². The molecule has 1 aromatic rings.